The van der Waals surface area contributed by atoms with E-state index in [9.17, 15) is 14.9 Å². The Bertz CT molecular complexity index is 814. The number of thioether (sulfide) groups is 1. The van der Waals surface area contributed by atoms with Crippen molar-refractivity contribution < 1.29 is 9.72 Å². The quantitative estimate of drug-likeness (QED) is 0.679. The molecule has 1 aliphatic rings. The molecule has 0 bridgehead atoms. The van der Waals surface area contributed by atoms with Gasteiger partial charge in [0.2, 0.25) is 0 Å². The SMILES string of the molecule is O=C1NC(=Nc2ccc([N+](=O)[O-])cc2)/C(=C/c2ccccc2)S1. The van der Waals surface area contributed by atoms with Gasteiger partial charge in [-0.2, -0.15) is 0 Å². The highest BCUT2D eigenvalue weighted by Crippen LogP contribution is 2.28. The summed E-state index contributed by atoms with van der Waals surface area (Å²) in [5.41, 5.74) is 1.49. The van der Waals surface area contributed by atoms with Crippen LogP contribution in [0.15, 0.2) is 64.5 Å². The largest absolute Gasteiger partial charge is 0.300 e. The number of nitro benzene ring substituents is 1. The maximum Gasteiger partial charge on any atom is 0.289 e. The molecule has 23 heavy (non-hydrogen) atoms. The average molecular weight is 325 g/mol. The molecule has 114 valence electrons. The lowest BCUT2D eigenvalue weighted by Gasteiger charge is -2.00. The topological polar surface area (TPSA) is 84.6 Å². The number of nitro groups is 1. The number of amidine groups is 1. The van der Waals surface area contributed by atoms with Crippen LogP contribution in [0, 0.1) is 10.1 Å². The van der Waals surface area contributed by atoms with Gasteiger partial charge in [0.25, 0.3) is 10.9 Å². The van der Waals surface area contributed by atoms with Gasteiger partial charge >= 0.3 is 0 Å². The van der Waals surface area contributed by atoms with Crippen molar-refractivity contribution in [3.8, 4) is 0 Å². The summed E-state index contributed by atoms with van der Waals surface area (Å²) in [5.74, 6) is 0.442. The predicted octanol–water partition coefficient (Wildman–Crippen LogP) is 4.12. The molecular weight excluding hydrogens is 314 g/mol. The van der Waals surface area contributed by atoms with Crippen molar-refractivity contribution in [3.63, 3.8) is 0 Å². The highest BCUT2D eigenvalue weighted by Gasteiger charge is 2.23. The second-order valence-electron chi connectivity index (χ2n) is 4.67. The van der Waals surface area contributed by atoms with Gasteiger partial charge in [0.1, 0.15) is 5.84 Å². The van der Waals surface area contributed by atoms with Crippen molar-refractivity contribution in [1.82, 2.24) is 5.32 Å². The molecule has 6 nitrogen and oxygen atoms in total. The van der Waals surface area contributed by atoms with Crippen molar-refractivity contribution in [1.29, 1.82) is 0 Å². The summed E-state index contributed by atoms with van der Waals surface area (Å²) in [4.78, 5) is 26.9. The van der Waals surface area contributed by atoms with E-state index in [4.69, 9.17) is 0 Å². The number of nitrogens with zero attached hydrogens (tertiary/aromatic N) is 2. The van der Waals surface area contributed by atoms with E-state index in [-0.39, 0.29) is 10.9 Å². The van der Waals surface area contributed by atoms with E-state index in [0.29, 0.717) is 16.4 Å². The van der Waals surface area contributed by atoms with Gasteiger partial charge in [-0.1, -0.05) is 30.3 Å². The lowest BCUT2D eigenvalue weighted by molar-refractivity contribution is -0.384. The first-order valence-electron chi connectivity index (χ1n) is 6.71. The van der Waals surface area contributed by atoms with Crippen LogP contribution in [-0.2, 0) is 0 Å². The normalized spacial score (nSPS) is 17.5. The molecule has 0 aliphatic carbocycles. The molecule has 2 aromatic carbocycles. The first-order chi connectivity index (χ1) is 11.1. The number of nitrogens with one attached hydrogen (secondary N) is 1. The molecule has 1 aliphatic heterocycles. The molecule has 0 radical (unpaired) electrons. The summed E-state index contributed by atoms with van der Waals surface area (Å²) >= 11 is 1.07. The molecular formula is C16H11N3O3S. The molecule has 1 amide bonds. The first kappa shape index (κ1) is 15.0. The third kappa shape index (κ3) is 3.64. The third-order valence-electron chi connectivity index (χ3n) is 3.06. The van der Waals surface area contributed by atoms with Gasteiger partial charge in [-0.15, -0.1) is 0 Å². The molecule has 0 saturated carbocycles. The van der Waals surface area contributed by atoms with Gasteiger partial charge in [-0.3, -0.25) is 14.9 Å². The summed E-state index contributed by atoms with van der Waals surface area (Å²) in [7, 11) is 0. The Labute approximate surface area is 136 Å². The molecule has 1 fully saturated rings. The number of rotatable bonds is 3. The second-order valence-corrected chi connectivity index (χ2v) is 5.68. The zero-order valence-corrected chi connectivity index (χ0v) is 12.6. The molecule has 1 N–H and O–H groups in total. The van der Waals surface area contributed by atoms with Gasteiger partial charge in [0, 0.05) is 12.1 Å². The maximum absolute atomic E-state index is 11.6. The van der Waals surface area contributed by atoms with Crippen LogP contribution in [0.25, 0.3) is 6.08 Å². The monoisotopic (exact) mass is 325 g/mol. The van der Waals surface area contributed by atoms with Crippen molar-refractivity contribution >= 4 is 40.3 Å². The fraction of sp³-hybridized carbons (Fsp3) is 0. The molecule has 0 atom stereocenters. The molecule has 0 spiro atoms. The summed E-state index contributed by atoms with van der Waals surface area (Å²) in [6, 6.07) is 15.4. The van der Waals surface area contributed by atoms with E-state index in [1.165, 1.54) is 12.1 Å². The smallest absolute Gasteiger partial charge is 0.289 e. The number of non-ortho nitro benzene ring substituents is 1. The van der Waals surface area contributed by atoms with E-state index in [2.05, 4.69) is 10.3 Å². The molecule has 3 rings (SSSR count). The Kier molecular flexibility index (Phi) is 4.20. The second kappa shape index (κ2) is 6.45. The van der Waals surface area contributed by atoms with Crippen LogP contribution >= 0.6 is 11.8 Å². The Morgan fingerprint density at radius 1 is 1.09 bits per heavy atom. The van der Waals surface area contributed by atoms with Crippen LogP contribution in [-0.4, -0.2) is 16.0 Å². The lowest BCUT2D eigenvalue weighted by Crippen LogP contribution is -2.18. The van der Waals surface area contributed by atoms with Crippen molar-refractivity contribution in [2.24, 2.45) is 4.99 Å². The minimum absolute atomic E-state index is 0.00108. The standard InChI is InChI=1S/C16H11N3O3S/c20-16-18-15(14(23-16)10-11-4-2-1-3-5-11)17-12-6-8-13(9-7-12)19(21)22/h1-10H,(H,17,18,20)/b14-10-. The zero-order chi connectivity index (χ0) is 16.2. The number of aliphatic imine (C=N–C) groups is 1. The molecule has 2 aromatic rings. The Morgan fingerprint density at radius 2 is 1.78 bits per heavy atom. The fourth-order valence-corrected chi connectivity index (χ4v) is 2.73. The summed E-state index contributed by atoms with van der Waals surface area (Å²) in [6.45, 7) is 0. The van der Waals surface area contributed by atoms with Gasteiger partial charge in [-0.05, 0) is 35.5 Å². The summed E-state index contributed by atoms with van der Waals surface area (Å²) in [5, 5.41) is 13.1. The number of benzene rings is 2. The number of carbonyl (C=O) groups excluding carboxylic acids is 1. The highest BCUT2D eigenvalue weighted by atomic mass is 32.2. The van der Waals surface area contributed by atoms with Gasteiger partial charge in [-0.25, -0.2) is 4.99 Å². The highest BCUT2D eigenvalue weighted by molar-refractivity contribution is 8.18. The summed E-state index contributed by atoms with van der Waals surface area (Å²) in [6.07, 6.45) is 1.87. The van der Waals surface area contributed by atoms with E-state index in [0.717, 1.165) is 17.3 Å². The van der Waals surface area contributed by atoms with Crippen LogP contribution in [0.3, 0.4) is 0 Å². The van der Waals surface area contributed by atoms with Gasteiger partial charge in [0.05, 0.1) is 15.5 Å². The van der Waals surface area contributed by atoms with E-state index < -0.39 is 4.92 Å². The van der Waals surface area contributed by atoms with Gasteiger partial charge in [0.15, 0.2) is 0 Å². The maximum atomic E-state index is 11.6. The average Bonchev–Trinajstić information content (AvgIpc) is 2.88. The van der Waals surface area contributed by atoms with Crippen LogP contribution < -0.4 is 5.32 Å². The zero-order valence-electron chi connectivity index (χ0n) is 11.8. The van der Waals surface area contributed by atoms with Gasteiger partial charge < -0.3 is 5.32 Å². The van der Waals surface area contributed by atoms with Crippen LogP contribution in [0.4, 0.5) is 16.2 Å². The van der Waals surface area contributed by atoms with Crippen LogP contribution in [0.5, 0.6) is 0 Å². The number of hydrogen-bond acceptors (Lipinski definition) is 5. The van der Waals surface area contributed by atoms with Crippen LogP contribution in [0.2, 0.25) is 0 Å². The fourth-order valence-electron chi connectivity index (χ4n) is 1.99. The Morgan fingerprint density at radius 3 is 2.43 bits per heavy atom. The van der Waals surface area contributed by atoms with E-state index in [1.807, 2.05) is 36.4 Å². The predicted molar refractivity (Wildman–Crippen MR) is 90.7 cm³/mol. The van der Waals surface area contributed by atoms with Crippen LogP contribution in [0.1, 0.15) is 5.56 Å². The molecule has 1 saturated heterocycles. The van der Waals surface area contributed by atoms with E-state index in [1.54, 1.807) is 12.1 Å². The Balaban J connectivity index is 1.91. The minimum atomic E-state index is -0.467. The Hall–Kier alpha value is -2.93. The van der Waals surface area contributed by atoms with Crippen molar-refractivity contribution in [3.05, 3.63) is 75.2 Å². The number of amides is 1. The number of hydrogen-bond donors (Lipinski definition) is 1. The molecule has 0 unspecified atom stereocenters. The van der Waals surface area contributed by atoms with E-state index >= 15 is 0 Å². The lowest BCUT2D eigenvalue weighted by atomic mass is 10.2. The third-order valence-corrected chi connectivity index (χ3v) is 3.87. The molecule has 1 heterocycles. The molecule has 7 heteroatoms. The first-order valence-corrected chi connectivity index (χ1v) is 7.52. The van der Waals surface area contributed by atoms with Crippen molar-refractivity contribution in [2.75, 3.05) is 0 Å². The summed E-state index contributed by atoms with van der Waals surface area (Å²) < 4.78 is 0. The number of carbonyl (C=O) groups is 1. The molecule has 0 aromatic heterocycles. The minimum Gasteiger partial charge on any atom is -0.300 e. The van der Waals surface area contributed by atoms with Crippen molar-refractivity contribution in [2.45, 2.75) is 0 Å².